The van der Waals surface area contributed by atoms with Gasteiger partial charge in [0.2, 0.25) is 0 Å². The van der Waals surface area contributed by atoms with Crippen LogP contribution in [0.15, 0.2) is 52.3 Å². The molecule has 0 unspecified atom stereocenters. The third-order valence-corrected chi connectivity index (χ3v) is 3.75. The van der Waals surface area contributed by atoms with E-state index < -0.39 is 0 Å². The number of hydrogen-bond acceptors (Lipinski definition) is 2. The van der Waals surface area contributed by atoms with E-state index in [1.54, 1.807) is 11.8 Å². The van der Waals surface area contributed by atoms with Crippen LogP contribution in [0.3, 0.4) is 0 Å². The predicted octanol–water partition coefficient (Wildman–Crippen LogP) is 4.04. The van der Waals surface area contributed by atoms with Gasteiger partial charge in [0.1, 0.15) is 0 Å². The Morgan fingerprint density at radius 1 is 0.938 bits per heavy atom. The van der Waals surface area contributed by atoms with Crippen molar-refractivity contribution in [2.75, 3.05) is 5.73 Å². The van der Waals surface area contributed by atoms with Crippen LogP contribution in [0.2, 0.25) is 0 Å². The van der Waals surface area contributed by atoms with Crippen LogP contribution in [-0.2, 0) is 0 Å². The predicted molar refractivity (Wildman–Crippen MR) is 70.9 cm³/mol. The summed E-state index contributed by atoms with van der Waals surface area (Å²) in [5.41, 5.74) is 9.34. The van der Waals surface area contributed by atoms with Gasteiger partial charge in [-0.1, -0.05) is 36.0 Å². The molecule has 2 N–H and O–H groups in total. The molecule has 2 rings (SSSR count). The first-order valence-electron chi connectivity index (χ1n) is 5.26. The molecule has 0 saturated carbocycles. The van der Waals surface area contributed by atoms with Gasteiger partial charge in [0, 0.05) is 15.5 Å². The number of anilines is 1. The summed E-state index contributed by atoms with van der Waals surface area (Å²) in [5, 5.41) is 0. The van der Waals surface area contributed by atoms with Crippen molar-refractivity contribution in [1.82, 2.24) is 0 Å². The number of rotatable bonds is 2. The van der Waals surface area contributed by atoms with Crippen LogP contribution in [0.1, 0.15) is 11.1 Å². The average Bonchev–Trinajstić information content (AvgIpc) is 2.25. The van der Waals surface area contributed by atoms with E-state index in [9.17, 15) is 0 Å². The minimum absolute atomic E-state index is 0.855. The normalized spacial score (nSPS) is 10.4. The zero-order chi connectivity index (χ0) is 11.5. The molecule has 16 heavy (non-hydrogen) atoms. The lowest BCUT2D eigenvalue weighted by molar-refractivity contribution is 1.29. The van der Waals surface area contributed by atoms with Crippen LogP contribution in [0.4, 0.5) is 5.69 Å². The molecule has 0 amide bonds. The van der Waals surface area contributed by atoms with Crippen molar-refractivity contribution in [3.63, 3.8) is 0 Å². The smallest absolute Gasteiger partial charge is 0.0458 e. The Labute approximate surface area is 101 Å². The highest BCUT2D eigenvalue weighted by atomic mass is 32.2. The standard InChI is InChI=1S/C14H15NS/c1-10-7-8-14(12(15)9-10)16-13-6-4-3-5-11(13)2/h3-9H,15H2,1-2H3. The lowest BCUT2D eigenvalue weighted by Gasteiger charge is -2.08. The van der Waals surface area contributed by atoms with Crippen LogP contribution < -0.4 is 5.73 Å². The van der Waals surface area contributed by atoms with Crippen molar-refractivity contribution >= 4 is 17.4 Å². The van der Waals surface area contributed by atoms with Crippen LogP contribution in [-0.4, -0.2) is 0 Å². The van der Waals surface area contributed by atoms with Gasteiger partial charge in [0.25, 0.3) is 0 Å². The fourth-order valence-electron chi connectivity index (χ4n) is 1.55. The molecule has 0 saturated heterocycles. The molecule has 0 radical (unpaired) electrons. The molecule has 0 fully saturated rings. The molecule has 82 valence electrons. The van der Waals surface area contributed by atoms with Gasteiger partial charge in [-0.25, -0.2) is 0 Å². The van der Waals surface area contributed by atoms with E-state index in [1.165, 1.54) is 16.0 Å². The summed E-state index contributed by atoms with van der Waals surface area (Å²) in [6.07, 6.45) is 0. The van der Waals surface area contributed by atoms with Gasteiger partial charge in [-0.05, 0) is 43.2 Å². The quantitative estimate of drug-likeness (QED) is 0.787. The number of nitrogens with two attached hydrogens (primary N) is 1. The maximum atomic E-state index is 6.00. The molecule has 0 aliphatic carbocycles. The summed E-state index contributed by atoms with van der Waals surface area (Å²) in [6.45, 7) is 4.17. The second kappa shape index (κ2) is 4.62. The molecule has 0 spiro atoms. The lowest BCUT2D eigenvalue weighted by atomic mass is 10.2. The molecular weight excluding hydrogens is 214 g/mol. The van der Waals surface area contributed by atoms with Crippen molar-refractivity contribution in [2.45, 2.75) is 23.6 Å². The molecule has 2 aromatic carbocycles. The zero-order valence-electron chi connectivity index (χ0n) is 9.53. The second-order valence-electron chi connectivity index (χ2n) is 3.91. The van der Waals surface area contributed by atoms with Crippen LogP contribution in [0.25, 0.3) is 0 Å². The maximum Gasteiger partial charge on any atom is 0.0458 e. The van der Waals surface area contributed by atoms with E-state index in [1.807, 2.05) is 6.07 Å². The van der Waals surface area contributed by atoms with Gasteiger partial charge >= 0.3 is 0 Å². The van der Waals surface area contributed by atoms with Crippen LogP contribution in [0, 0.1) is 13.8 Å². The van der Waals surface area contributed by atoms with E-state index in [0.717, 1.165) is 10.6 Å². The minimum atomic E-state index is 0.855. The van der Waals surface area contributed by atoms with Gasteiger partial charge < -0.3 is 5.73 Å². The Morgan fingerprint density at radius 3 is 2.38 bits per heavy atom. The van der Waals surface area contributed by atoms with E-state index in [-0.39, 0.29) is 0 Å². The molecule has 0 aliphatic rings. The summed E-state index contributed by atoms with van der Waals surface area (Å²) in [4.78, 5) is 2.39. The molecule has 2 heteroatoms. The first kappa shape index (κ1) is 11.1. The van der Waals surface area contributed by atoms with Crippen molar-refractivity contribution in [1.29, 1.82) is 0 Å². The first-order valence-corrected chi connectivity index (χ1v) is 6.08. The van der Waals surface area contributed by atoms with Crippen molar-refractivity contribution in [2.24, 2.45) is 0 Å². The molecule has 0 bridgehead atoms. The minimum Gasteiger partial charge on any atom is -0.398 e. The summed E-state index contributed by atoms with van der Waals surface area (Å²) in [7, 11) is 0. The number of aryl methyl sites for hydroxylation is 2. The molecule has 0 aromatic heterocycles. The fraction of sp³-hybridized carbons (Fsp3) is 0.143. The Bertz CT molecular complexity index is 506. The summed E-state index contributed by atoms with van der Waals surface area (Å²) >= 11 is 1.72. The van der Waals surface area contributed by atoms with E-state index in [2.05, 4.69) is 50.2 Å². The third kappa shape index (κ3) is 2.39. The Hall–Kier alpha value is -1.41. The maximum absolute atomic E-state index is 6.00. The lowest BCUT2D eigenvalue weighted by Crippen LogP contribution is -1.89. The topological polar surface area (TPSA) is 26.0 Å². The molecule has 0 atom stereocenters. The molecule has 0 heterocycles. The van der Waals surface area contributed by atoms with Gasteiger partial charge in [-0.2, -0.15) is 0 Å². The number of benzene rings is 2. The monoisotopic (exact) mass is 229 g/mol. The fourth-order valence-corrected chi connectivity index (χ4v) is 2.48. The highest BCUT2D eigenvalue weighted by Gasteiger charge is 2.03. The van der Waals surface area contributed by atoms with Crippen LogP contribution >= 0.6 is 11.8 Å². The molecular formula is C14H15NS. The molecule has 0 aliphatic heterocycles. The van der Waals surface area contributed by atoms with Crippen molar-refractivity contribution < 1.29 is 0 Å². The average molecular weight is 229 g/mol. The highest BCUT2D eigenvalue weighted by Crippen LogP contribution is 2.34. The second-order valence-corrected chi connectivity index (χ2v) is 4.99. The van der Waals surface area contributed by atoms with Gasteiger partial charge in [-0.15, -0.1) is 0 Å². The third-order valence-electron chi connectivity index (χ3n) is 2.48. The summed E-state index contributed by atoms with van der Waals surface area (Å²) < 4.78 is 0. The SMILES string of the molecule is Cc1ccc(Sc2ccccc2C)c(N)c1. The van der Waals surface area contributed by atoms with Gasteiger partial charge in [-0.3, -0.25) is 0 Å². The van der Waals surface area contributed by atoms with E-state index >= 15 is 0 Å². The van der Waals surface area contributed by atoms with Crippen molar-refractivity contribution in [3.05, 3.63) is 53.6 Å². The Balaban J connectivity index is 2.31. The number of hydrogen-bond donors (Lipinski definition) is 1. The van der Waals surface area contributed by atoms with Gasteiger partial charge in [0.05, 0.1) is 0 Å². The van der Waals surface area contributed by atoms with E-state index in [4.69, 9.17) is 5.73 Å². The summed E-state index contributed by atoms with van der Waals surface area (Å²) in [5.74, 6) is 0. The Morgan fingerprint density at radius 2 is 1.69 bits per heavy atom. The summed E-state index contributed by atoms with van der Waals surface area (Å²) in [6, 6.07) is 14.5. The largest absolute Gasteiger partial charge is 0.398 e. The van der Waals surface area contributed by atoms with Gasteiger partial charge in [0.15, 0.2) is 0 Å². The van der Waals surface area contributed by atoms with E-state index in [0.29, 0.717) is 0 Å². The van der Waals surface area contributed by atoms with Crippen LogP contribution in [0.5, 0.6) is 0 Å². The van der Waals surface area contributed by atoms with Crippen molar-refractivity contribution in [3.8, 4) is 0 Å². The first-order chi connectivity index (χ1) is 7.66. The zero-order valence-corrected chi connectivity index (χ0v) is 10.3. The molecule has 2 aromatic rings. The molecule has 1 nitrogen and oxygen atoms in total. The highest BCUT2D eigenvalue weighted by molar-refractivity contribution is 7.99. The Kier molecular flexibility index (Phi) is 3.20. The number of nitrogen functional groups attached to an aromatic ring is 1.